The molecule has 4 nitrogen and oxygen atoms in total. The monoisotopic (exact) mass is 217 g/mol. The van der Waals surface area contributed by atoms with Gasteiger partial charge in [-0.2, -0.15) is 0 Å². The zero-order valence-corrected chi connectivity index (χ0v) is 8.80. The van der Waals surface area contributed by atoms with E-state index in [1.807, 2.05) is 0 Å². The van der Waals surface area contributed by atoms with Gasteiger partial charge < -0.3 is 10.0 Å². The number of carbonyl (C=O) groups is 2. The summed E-state index contributed by atoms with van der Waals surface area (Å²) in [4.78, 5) is 24.4. The second kappa shape index (κ2) is 3.81. The Balaban J connectivity index is 2.50. The maximum atomic E-state index is 11.6. The molecule has 4 heteroatoms. The fourth-order valence-electron chi connectivity index (χ4n) is 1.65. The van der Waals surface area contributed by atoms with E-state index in [0.29, 0.717) is 5.56 Å². The van der Waals surface area contributed by atoms with Crippen LogP contribution in [0.5, 0.6) is 0 Å². The van der Waals surface area contributed by atoms with Crippen molar-refractivity contribution in [2.45, 2.75) is 0 Å². The number of likely N-dealkylation sites (N-methyl/N-ethyl adjacent to an activating group) is 1. The Morgan fingerprint density at radius 2 is 1.88 bits per heavy atom. The lowest BCUT2D eigenvalue weighted by molar-refractivity contribution is -0.123. The predicted molar refractivity (Wildman–Crippen MR) is 58.6 cm³/mol. The van der Waals surface area contributed by atoms with E-state index in [2.05, 4.69) is 0 Å². The summed E-state index contributed by atoms with van der Waals surface area (Å²) in [6.07, 6.45) is 0. The van der Waals surface area contributed by atoms with E-state index in [0.717, 1.165) is 0 Å². The number of nitrogens with zero attached hydrogens (tertiary/aromatic N) is 1. The third-order valence-electron chi connectivity index (χ3n) is 2.50. The van der Waals surface area contributed by atoms with Gasteiger partial charge in [-0.15, -0.1) is 0 Å². The van der Waals surface area contributed by atoms with Crippen molar-refractivity contribution in [2.75, 3.05) is 13.6 Å². The third kappa shape index (κ3) is 1.58. The van der Waals surface area contributed by atoms with Crippen molar-refractivity contribution in [1.82, 2.24) is 4.90 Å². The first kappa shape index (κ1) is 10.4. The SMILES string of the molecule is CN1CC(=O)/C(=C(/O)c2ccccc2)C1=O. The number of aliphatic hydroxyl groups is 1. The molecule has 0 radical (unpaired) electrons. The largest absolute Gasteiger partial charge is 0.506 e. The van der Waals surface area contributed by atoms with E-state index >= 15 is 0 Å². The molecule has 1 fully saturated rings. The first-order valence-corrected chi connectivity index (χ1v) is 4.88. The number of amides is 1. The van der Waals surface area contributed by atoms with E-state index in [-0.39, 0.29) is 23.7 Å². The second-order valence-electron chi connectivity index (χ2n) is 3.67. The molecule has 0 saturated carbocycles. The Hall–Kier alpha value is -2.10. The molecule has 1 aromatic rings. The Morgan fingerprint density at radius 1 is 1.25 bits per heavy atom. The summed E-state index contributed by atoms with van der Waals surface area (Å²) in [5, 5.41) is 9.89. The van der Waals surface area contributed by atoms with Gasteiger partial charge in [0.05, 0.1) is 6.54 Å². The molecule has 0 spiro atoms. The van der Waals surface area contributed by atoms with Gasteiger partial charge in [0.25, 0.3) is 5.91 Å². The minimum absolute atomic E-state index is 0.0328. The minimum atomic E-state index is -0.425. The van der Waals surface area contributed by atoms with Crippen LogP contribution in [0.2, 0.25) is 0 Å². The maximum Gasteiger partial charge on any atom is 0.261 e. The molecule has 1 heterocycles. The summed E-state index contributed by atoms with van der Waals surface area (Å²) in [5.74, 6) is -1.000. The Bertz CT molecular complexity index is 476. The standard InChI is InChI=1S/C12H11NO3/c1-13-7-9(14)10(12(13)16)11(15)8-5-3-2-4-6-8/h2-6,15H,7H2,1H3/b11-10-. The smallest absolute Gasteiger partial charge is 0.261 e. The highest BCUT2D eigenvalue weighted by atomic mass is 16.3. The van der Waals surface area contributed by atoms with Crippen LogP contribution in [0.1, 0.15) is 5.56 Å². The van der Waals surface area contributed by atoms with Crippen molar-refractivity contribution in [3.05, 3.63) is 41.5 Å². The minimum Gasteiger partial charge on any atom is -0.506 e. The second-order valence-corrected chi connectivity index (χ2v) is 3.67. The summed E-state index contributed by atoms with van der Waals surface area (Å²) in [6, 6.07) is 8.58. The molecule has 1 amide bonds. The zero-order valence-electron chi connectivity index (χ0n) is 8.80. The van der Waals surface area contributed by atoms with Gasteiger partial charge in [-0.1, -0.05) is 30.3 Å². The summed E-state index contributed by atoms with van der Waals surface area (Å²) in [7, 11) is 1.53. The predicted octanol–water partition coefficient (Wildman–Crippen LogP) is 0.997. The number of likely N-dealkylation sites (tertiary alicyclic amines) is 1. The van der Waals surface area contributed by atoms with Crippen LogP contribution in [0, 0.1) is 0 Å². The fraction of sp³-hybridized carbons (Fsp3) is 0.167. The number of Topliss-reactive ketones (excluding diaryl/α,β-unsaturated/α-hetero) is 1. The maximum absolute atomic E-state index is 11.6. The van der Waals surface area contributed by atoms with Crippen molar-refractivity contribution < 1.29 is 14.7 Å². The lowest BCUT2D eigenvalue weighted by atomic mass is 10.1. The van der Waals surface area contributed by atoms with Crippen LogP contribution in [-0.4, -0.2) is 35.3 Å². The molecule has 2 rings (SSSR count). The van der Waals surface area contributed by atoms with Crippen LogP contribution in [-0.2, 0) is 9.59 Å². The van der Waals surface area contributed by atoms with Gasteiger partial charge in [0, 0.05) is 12.6 Å². The molecule has 1 aromatic carbocycles. The van der Waals surface area contributed by atoms with Crippen molar-refractivity contribution in [2.24, 2.45) is 0 Å². The van der Waals surface area contributed by atoms with E-state index in [1.165, 1.54) is 11.9 Å². The van der Waals surface area contributed by atoms with Crippen LogP contribution in [0.15, 0.2) is 35.9 Å². The Labute approximate surface area is 92.8 Å². The Kier molecular flexibility index (Phi) is 2.48. The van der Waals surface area contributed by atoms with Crippen molar-refractivity contribution in [3.63, 3.8) is 0 Å². The topological polar surface area (TPSA) is 57.6 Å². The number of hydrogen-bond donors (Lipinski definition) is 1. The number of hydrogen-bond acceptors (Lipinski definition) is 3. The molecule has 1 aliphatic heterocycles. The van der Waals surface area contributed by atoms with Gasteiger partial charge in [-0.3, -0.25) is 9.59 Å². The lowest BCUT2D eigenvalue weighted by Gasteiger charge is -2.05. The first-order chi connectivity index (χ1) is 7.61. The molecular weight excluding hydrogens is 206 g/mol. The number of carbonyl (C=O) groups excluding carboxylic acids is 2. The molecule has 82 valence electrons. The average Bonchev–Trinajstić information content (AvgIpc) is 2.54. The molecule has 1 aliphatic rings. The van der Waals surface area contributed by atoms with Gasteiger partial charge in [-0.25, -0.2) is 0 Å². The van der Waals surface area contributed by atoms with E-state index in [1.54, 1.807) is 30.3 Å². The molecule has 0 aromatic heterocycles. The molecule has 1 saturated heterocycles. The van der Waals surface area contributed by atoms with E-state index < -0.39 is 5.91 Å². The Morgan fingerprint density at radius 3 is 2.38 bits per heavy atom. The van der Waals surface area contributed by atoms with Gasteiger partial charge >= 0.3 is 0 Å². The van der Waals surface area contributed by atoms with Crippen LogP contribution in [0.3, 0.4) is 0 Å². The normalized spacial score (nSPS) is 19.2. The van der Waals surface area contributed by atoms with E-state index in [9.17, 15) is 14.7 Å². The van der Waals surface area contributed by atoms with Crippen molar-refractivity contribution in [1.29, 1.82) is 0 Å². The number of ketones is 1. The number of rotatable bonds is 1. The zero-order chi connectivity index (χ0) is 11.7. The van der Waals surface area contributed by atoms with Crippen molar-refractivity contribution in [3.8, 4) is 0 Å². The van der Waals surface area contributed by atoms with Crippen LogP contribution >= 0.6 is 0 Å². The average molecular weight is 217 g/mol. The van der Waals surface area contributed by atoms with Crippen LogP contribution in [0.4, 0.5) is 0 Å². The summed E-state index contributed by atoms with van der Waals surface area (Å²) in [5.41, 5.74) is 0.364. The lowest BCUT2D eigenvalue weighted by Crippen LogP contribution is -2.19. The molecule has 0 aliphatic carbocycles. The third-order valence-corrected chi connectivity index (χ3v) is 2.50. The molecule has 16 heavy (non-hydrogen) atoms. The quantitative estimate of drug-likeness (QED) is 0.433. The molecule has 0 bridgehead atoms. The van der Waals surface area contributed by atoms with Crippen LogP contribution < -0.4 is 0 Å². The fourth-order valence-corrected chi connectivity index (χ4v) is 1.65. The van der Waals surface area contributed by atoms with Gasteiger partial charge in [0.15, 0.2) is 5.78 Å². The number of benzene rings is 1. The van der Waals surface area contributed by atoms with Crippen molar-refractivity contribution >= 4 is 17.4 Å². The highest BCUT2D eigenvalue weighted by molar-refractivity contribution is 6.28. The highest BCUT2D eigenvalue weighted by Gasteiger charge is 2.34. The summed E-state index contributed by atoms with van der Waals surface area (Å²) >= 11 is 0. The molecule has 0 atom stereocenters. The van der Waals surface area contributed by atoms with E-state index in [4.69, 9.17) is 0 Å². The summed E-state index contributed by atoms with van der Waals surface area (Å²) in [6.45, 7) is 0.0328. The van der Waals surface area contributed by atoms with Gasteiger partial charge in [0.1, 0.15) is 11.3 Å². The summed E-state index contributed by atoms with van der Waals surface area (Å²) < 4.78 is 0. The molecular formula is C12H11NO3. The van der Waals surface area contributed by atoms with Gasteiger partial charge in [0.2, 0.25) is 0 Å². The first-order valence-electron chi connectivity index (χ1n) is 4.88. The molecule has 0 unspecified atom stereocenters. The molecule has 1 N–H and O–H groups in total. The highest BCUT2D eigenvalue weighted by Crippen LogP contribution is 2.21. The van der Waals surface area contributed by atoms with Crippen LogP contribution in [0.25, 0.3) is 5.76 Å². The van der Waals surface area contributed by atoms with Gasteiger partial charge in [-0.05, 0) is 0 Å². The number of aliphatic hydroxyl groups excluding tert-OH is 1.